The molecule has 0 radical (unpaired) electrons. The summed E-state index contributed by atoms with van der Waals surface area (Å²) in [5.41, 5.74) is 0.954. The minimum atomic E-state index is -0.278. The molecule has 0 N–H and O–H groups in total. The second-order valence-electron chi connectivity index (χ2n) is 6.14. The highest BCUT2D eigenvalue weighted by Crippen LogP contribution is 2.29. The van der Waals surface area contributed by atoms with Crippen LogP contribution in [0.3, 0.4) is 0 Å². The molecule has 0 aliphatic carbocycles. The molecule has 1 saturated heterocycles. The SMILES string of the molecule is CCN(CC)CCCCCN1C(=O)CC(c2ccccc2)C1=O.Cl. The van der Waals surface area contributed by atoms with Crippen LogP contribution in [0.4, 0.5) is 0 Å². The molecule has 0 aromatic heterocycles. The van der Waals surface area contributed by atoms with Crippen molar-refractivity contribution in [2.45, 2.75) is 45.4 Å². The van der Waals surface area contributed by atoms with Crippen LogP contribution >= 0.6 is 12.4 Å². The maximum Gasteiger partial charge on any atom is 0.237 e. The third-order valence-electron chi connectivity index (χ3n) is 4.70. The van der Waals surface area contributed by atoms with Gasteiger partial charge < -0.3 is 4.90 Å². The maximum absolute atomic E-state index is 12.5. The summed E-state index contributed by atoms with van der Waals surface area (Å²) in [6.07, 6.45) is 3.41. The largest absolute Gasteiger partial charge is 0.304 e. The lowest BCUT2D eigenvalue weighted by Gasteiger charge is -2.18. The van der Waals surface area contributed by atoms with Crippen LogP contribution in [-0.4, -0.2) is 47.8 Å². The lowest BCUT2D eigenvalue weighted by molar-refractivity contribution is -0.138. The van der Waals surface area contributed by atoms with E-state index in [1.165, 1.54) is 4.90 Å². The number of likely N-dealkylation sites (tertiary alicyclic amines) is 1. The van der Waals surface area contributed by atoms with Crippen molar-refractivity contribution in [3.63, 3.8) is 0 Å². The van der Waals surface area contributed by atoms with E-state index in [-0.39, 0.29) is 30.1 Å². The molecule has 0 saturated carbocycles. The zero-order chi connectivity index (χ0) is 16.7. The summed E-state index contributed by atoms with van der Waals surface area (Å²) in [5.74, 6) is -0.322. The zero-order valence-corrected chi connectivity index (χ0v) is 15.6. The maximum atomic E-state index is 12.5. The highest BCUT2D eigenvalue weighted by atomic mass is 35.5. The van der Waals surface area contributed by atoms with Gasteiger partial charge in [-0.2, -0.15) is 0 Å². The van der Waals surface area contributed by atoms with Crippen molar-refractivity contribution in [1.29, 1.82) is 0 Å². The standard InChI is InChI=1S/C19H28N2O2.ClH/c1-3-20(4-2)13-9-6-10-14-21-18(22)15-17(19(21)23)16-11-7-5-8-12-16;/h5,7-8,11-12,17H,3-4,6,9-10,13-15H2,1-2H3;1H. The number of benzene rings is 1. The number of carbonyl (C=O) groups is 2. The van der Waals surface area contributed by atoms with Crippen molar-refractivity contribution in [2.75, 3.05) is 26.2 Å². The van der Waals surface area contributed by atoms with Gasteiger partial charge in [-0.15, -0.1) is 12.4 Å². The van der Waals surface area contributed by atoms with Crippen molar-refractivity contribution in [3.05, 3.63) is 35.9 Å². The zero-order valence-electron chi connectivity index (χ0n) is 14.7. The van der Waals surface area contributed by atoms with Gasteiger partial charge in [0.15, 0.2) is 0 Å². The second-order valence-corrected chi connectivity index (χ2v) is 6.14. The summed E-state index contributed by atoms with van der Waals surface area (Å²) in [6.45, 7) is 8.18. The van der Waals surface area contributed by atoms with Gasteiger partial charge in [0, 0.05) is 13.0 Å². The van der Waals surface area contributed by atoms with E-state index >= 15 is 0 Å². The van der Waals surface area contributed by atoms with Crippen LogP contribution in [0.1, 0.15) is 51.0 Å². The van der Waals surface area contributed by atoms with E-state index < -0.39 is 0 Å². The number of imide groups is 1. The van der Waals surface area contributed by atoms with Crippen LogP contribution < -0.4 is 0 Å². The average molecular weight is 353 g/mol. The number of rotatable bonds is 9. The van der Waals surface area contributed by atoms with Gasteiger partial charge in [0.25, 0.3) is 0 Å². The molecule has 134 valence electrons. The van der Waals surface area contributed by atoms with Gasteiger partial charge in [0.2, 0.25) is 11.8 Å². The van der Waals surface area contributed by atoms with Crippen LogP contribution in [0.2, 0.25) is 0 Å². The quantitative estimate of drug-likeness (QED) is 0.504. The fraction of sp³-hybridized carbons (Fsp3) is 0.579. The molecule has 1 aliphatic heterocycles. The predicted molar refractivity (Wildman–Crippen MR) is 99.4 cm³/mol. The Morgan fingerprint density at radius 3 is 2.33 bits per heavy atom. The molecular formula is C19H29ClN2O2. The Morgan fingerprint density at radius 2 is 1.71 bits per heavy atom. The van der Waals surface area contributed by atoms with Crippen LogP contribution in [0.15, 0.2) is 30.3 Å². The summed E-state index contributed by atoms with van der Waals surface area (Å²) in [7, 11) is 0. The minimum Gasteiger partial charge on any atom is -0.304 e. The lowest BCUT2D eigenvalue weighted by Crippen LogP contribution is -2.31. The number of unbranched alkanes of at least 4 members (excludes halogenated alkanes) is 2. The summed E-state index contributed by atoms with van der Waals surface area (Å²) in [6, 6.07) is 9.64. The number of hydrogen-bond acceptors (Lipinski definition) is 3. The Labute approximate surface area is 151 Å². The number of halogens is 1. The van der Waals surface area contributed by atoms with Gasteiger partial charge in [-0.3, -0.25) is 14.5 Å². The van der Waals surface area contributed by atoms with Crippen LogP contribution in [0, 0.1) is 0 Å². The van der Waals surface area contributed by atoms with Gasteiger partial charge in [-0.25, -0.2) is 0 Å². The molecule has 1 fully saturated rings. The molecule has 4 nitrogen and oxygen atoms in total. The van der Waals surface area contributed by atoms with E-state index in [9.17, 15) is 9.59 Å². The topological polar surface area (TPSA) is 40.6 Å². The van der Waals surface area contributed by atoms with E-state index in [1.807, 2.05) is 30.3 Å². The van der Waals surface area contributed by atoms with Gasteiger partial charge in [-0.05, 0) is 38.0 Å². The third kappa shape index (κ3) is 5.32. The molecule has 5 heteroatoms. The first kappa shape index (κ1) is 20.7. The molecule has 1 aromatic rings. The Bertz CT molecular complexity index is 517. The summed E-state index contributed by atoms with van der Waals surface area (Å²) < 4.78 is 0. The van der Waals surface area contributed by atoms with Gasteiger partial charge in [-0.1, -0.05) is 50.6 Å². The monoisotopic (exact) mass is 352 g/mol. The Kier molecular flexibility index (Phi) is 9.01. The molecule has 24 heavy (non-hydrogen) atoms. The van der Waals surface area contributed by atoms with E-state index in [0.29, 0.717) is 13.0 Å². The minimum absolute atomic E-state index is 0. The summed E-state index contributed by atoms with van der Waals surface area (Å²) in [4.78, 5) is 28.5. The number of carbonyl (C=O) groups excluding carboxylic acids is 2. The molecule has 1 aromatic carbocycles. The fourth-order valence-electron chi connectivity index (χ4n) is 3.19. The third-order valence-corrected chi connectivity index (χ3v) is 4.70. The Morgan fingerprint density at radius 1 is 1.04 bits per heavy atom. The van der Waals surface area contributed by atoms with E-state index in [4.69, 9.17) is 0 Å². The molecule has 2 rings (SSSR count). The molecule has 1 unspecified atom stereocenters. The van der Waals surface area contributed by atoms with Gasteiger partial charge in [0.05, 0.1) is 5.92 Å². The summed E-state index contributed by atoms with van der Waals surface area (Å²) in [5, 5.41) is 0. The lowest BCUT2D eigenvalue weighted by atomic mass is 9.98. The highest BCUT2D eigenvalue weighted by Gasteiger charge is 2.38. The van der Waals surface area contributed by atoms with Crippen LogP contribution in [0.25, 0.3) is 0 Å². The molecule has 1 heterocycles. The normalized spacial score (nSPS) is 17.5. The van der Waals surface area contributed by atoms with Crippen molar-refractivity contribution in [1.82, 2.24) is 9.80 Å². The van der Waals surface area contributed by atoms with E-state index in [1.54, 1.807) is 0 Å². The predicted octanol–water partition coefficient (Wildman–Crippen LogP) is 3.46. The van der Waals surface area contributed by atoms with Gasteiger partial charge in [0.1, 0.15) is 0 Å². The summed E-state index contributed by atoms with van der Waals surface area (Å²) >= 11 is 0. The van der Waals surface area contributed by atoms with Crippen LogP contribution in [-0.2, 0) is 9.59 Å². The molecule has 1 aliphatic rings. The first-order valence-corrected chi connectivity index (χ1v) is 8.78. The van der Waals surface area contributed by atoms with Crippen molar-refractivity contribution >= 4 is 24.2 Å². The van der Waals surface area contributed by atoms with E-state index in [2.05, 4.69) is 18.7 Å². The van der Waals surface area contributed by atoms with Crippen LogP contribution in [0.5, 0.6) is 0 Å². The molecular weight excluding hydrogens is 324 g/mol. The first-order valence-electron chi connectivity index (χ1n) is 8.78. The number of amides is 2. The number of hydrogen-bond donors (Lipinski definition) is 0. The molecule has 1 atom stereocenters. The van der Waals surface area contributed by atoms with Crippen molar-refractivity contribution < 1.29 is 9.59 Å². The number of nitrogens with zero attached hydrogens (tertiary/aromatic N) is 2. The Balaban J connectivity index is 0.00000288. The smallest absolute Gasteiger partial charge is 0.237 e. The molecule has 0 bridgehead atoms. The van der Waals surface area contributed by atoms with E-state index in [0.717, 1.165) is 44.5 Å². The molecule has 2 amide bonds. The first-order chi connectivity index (χ1) is 11.2. The highest BCUT2D eigenvalue weighted by molar-refractivity contribution is 6.06. The van der Waals surface area contributed by atoms with Crippen molar-refractivity contribution in [3.8, 4) is 0 Å². The molecule has 0 spiro atoms. The Hall–Kier alpha value is -1.39. The average Bonchev–Trinajstić information content (AvgIpc) is 2.86. The fourth-order valence-corrected chi connectivity index (χ4v) is 3.19. The van der Waals surface area contributed by atoms with Gasteiger partial charge >= 0.3 is 0 Å². The van der Waals surface area contributed by atoms with Crippen molar-refractivity contribution in [2.24, 2.45) is 0 Å². The second kappa shape index (κ2) is 10.5.